The Kier molecular flexibility index (Phi) is 3.19. The zero-order valence-corrected chi connectivity index (χ0v) is 9.98. The summed E-state index contributed by atoms with van der Waals surface area (Å²) in [5.74, 6) is -0.0581. The lowest BCUT2D eigenvalue weighted by Crippen LogP contribution is -2.33. The molecule has 2 nitrogen and oxygen atoms in total. The minimum absolute atomic E-state index is 0.209. The van der Waals surface area contributed by atoms with Crippen LogP contribution in [0.25, 0.3) is 0 Å². The number of nitrogens with zero attached hydrogens (tertiary/aromatic N) is 1. The van der Waals surface area contributed by atoms with Crippen LogP contribution in [0, 0.1) is 5.82 Å². The highest BCUT2D eigenvalue weighted by Crippen LogP contribution is 2.17. The molecule has 0 radical (unpaired) electrons. The van der Waals surface area contributed by atoms with Crippen LogP contribution in [-0.2, 0) is 6.54 Å². The summed E-state index contributed by atoms with van der Waals surface area (Å²) in [5, 5.41) is 9.31. The van der Waals surface area contributed by atoms with Crippen LogP contribution < -0.4 is 4.57 Å². The molecule has 0 bridgehead atoms. The van der Waals surface area contributed by atoms with Gasteiger partial charge < -0.3 is 5.11 Å². The SMILES string of the molecule is Oc1ccc[n+](Cc2ccc(F)cc2Br)c1. The van der Waals surface area contributed by atoms with E-state index in [4.69, 9.17) is 0 Å². The van der Waals surface area contributed by atoms with Crippen LogP contribution in [0.3, 0.4) is 0 Å². The third-order valence-corrected chi connectivity index (χ3v) is 2.95. The van der Waals surface area contributed by atoms with Crippen molar-refractivity contribution in [3.8, 4) is 5.75 Å². The highest BCUT2D eigenvalue weighted by molar-refractivity contribution is 9.10. The Bertz CT molecular complexity index is 516. The third kappa shape index (κ3) is 2.58. The van der Waals surface area contributed by atoms with E-state index in [0.717, 1.165) is 10.0 Å². The van der Waals surface area contributed by atoms with Crippen molar-refractivity contribution in [3.05, 3.63) is 58.6 Å². The highest BCUT2D eigenvalue weighted by atomic mass is 79.9. The fraction of sp³-hybridized carbons (Fsp3) is 0.0833. The van der Waals surface area contributed by atoms with Crippen LogP contribution in [0.1, 0.15) is 5.56 Å². The average Bonchev–Trinajstić information content (AvgIpc) is 2.22. The van der Waals surface area contributed by atoms with E-state index < -0.39 is 0 Å². The number of pyridine rings is 1. The van der Waals surface area contributed by atoms with E-state index in [9.17, 15) is 9.50 Å². The second-order valence-electron chi connectivity index (χ2n) is 3.47. The molecule has 0 unspecified atom stereocenters. The van der Waals surface area contributed by atoms with Crippen LogP contribution in [0.15, 0.2) is 47.2 Å². The summed E-state index contributed by atoms with van der Waals surface area (Å²) in [6.45, 7) is 0.579. The quantitative estimate of drug-likeness (QED) is 0.842. The Morgan fingerprint density at radius 3 is 2.81 bits per heavy atom. The topological polar surface area (TPSA) is 24.1 Å². The summed E-state index contributed by atoms with van der Waals surface area (Å²) in [6.07, 6.45) is 3.46. The van der Waals surface area contributed by atoms with Crippen molar-refractivity contribution in [2.45, 2.75) is 6.54 Å². The normalized spacial score (nSPS) is 10.4. The minimum atomic E-state index is -0.267. The molecule has 0 aliphatic heterocycles. The zero-order valence-electron chi connectivity index (χ0n) is 8.40. The zero-order chi connectivity index (χ0) is 11.5. The molecule has 0 amide bonds. The molecular weight excluding hydrogens is 273 g/mol. The molecule has 1 heterocycles. The Balaban J connectivity index is 2.27. The van der Waals surface area contributed by atoms with E-state index in [2.05, 4.69) is 15.9 Å². The van der Waals surface area contributed by atoms with Gasteiger partial charge in [-0.3, -0.25) is 0 Å². The highest BCUT2D eigenvalue weighted by Gasteiger charge is 2.07. The summed E-state index contributed by atoms with van der Waals surface area (Å²) in [5.41, 5.74) is 0.956. The molecule has 4 heteroatoms. The van der Waals surface area contributed by atoms with Crippen LogP contribution in [0.4, 0.5) is 4.39 Å². The molecule has 1 aromatic heterocycles. The van der Waals surface area contributed by atoms with E-state index in [1.807, 2.05) is 10.8 Å². The Morgan fingerprint density at radius 1 is 1.31 bits per heavy atom. The van der Waals surface area contributed by atoms with E-state index in [1.54, 1.807) is 24.4 Å². The average molecular weight is 283 g/mol. The minimum Gasteiger partial charge on any atom is -0.503 e. The fourth-order valence-electron chi connectivity index (χ4n) is 1.45. The van der Waals surface area contributed by atoms with Gasteiger partial charge in [-0.2, -0.15) is 4.57 Å². The van der Waals surface area contributed by atoms with Crippen molar-refractivity contribution in [1.29, 1.82) is 0 Å². The third-order valence-electron chi connectivity index (χ3n) is 2.21. The van der Waals surface area contributed by atoms with Gasteiger partial charge in [-0.1, -0.05) is 15.9 Å². The van der Waals surface area contributed by atoms with E-state index in [1.165, 1.54) is 12.1 Å². The van der Waals surface area contributed by atoms with Gasteiger partial charge in [0.05, 0.1) is 0 Å². The van der Waals surface area contributed by atoms with Crippen LogP contribution in [-0.4, -0.2) is 5.11 Å². The number of hydrogen-bond acceptors (Lipinski definition) is 1. The molecule has 0 fully saturated rings. The smallest absolute Gasteiger partial charge is 0.211 e. The molecule has 1 aromatic carbocycles. The van der Waals surface area contributed by atoms with Crippen molar-refractivity contribution in [3.63, 3.8) is 0 Å². The van der Waals surface area contributed by atoms with Crippen molar-refractivity contribution < 1.29 is 14.1 Å². The predicted molar refractivity (Wildman–Crippen MR) is 61.5 cm³/mol. The number of aromatic hydroxyl groups is 1. The summed E-state index contributed by atoms with van der Waals surface area (Å²) in [7, 11) is 0. The first-order chi connectivity index (χ1) is 7.65. The second-order valence-corrected chi connectivity index (χ2v) is 4.32. The lowest BCUT2D eigenvalue weighted by atomic mass is 10.2. The van der Waals surface area contributed by atoms with Gasteiger partial charge >= 0.3 is 0 Å². The summed E-state index contributed by atoms with van der Waals surface area (Å²) in [6, 6.07) is 7.93. The number of hydrogen-bond donors (Lipinski definition) is 1. The molecule has 0 aliphatic carbocycles. The van der Waals surface area contributed by atoms with Crippen molar-refractivity contribution >= 4 is 15.9 Å². The number of rotatable bonds is 2. The maximum absolute atomic E-state index is 12.9. The van der Waals surface area contributed by atoms with Gasteiger partial charge in [0.25, 0.3) is 0 Å². The molecule has 16 heavy (non-hydrogen) atoms. The molecule has 1 N–H and O–H groups in total. The van der Waals surface area contributed by atoms with Crippen LogP contribution in [0.2, 0.25) is 0 Å². The summed E-state index contributed by atoms with van der Waals surface area (Å²) < 4.78 is 15.4. The van der Waals surface area contributed by atoms with Crippen LogP contribution >= 0.6 is 15.9 Å². The van der Waals surface area contributed by atoms with Crippen molar-refractivity contribution in [2.24, 2.45) is 0 Å². The van der Waals surface area contributed by atoms with Crippen molar-refractivity contribution in [2.75, 3.05) is 0 Å². The van der Waals surface area contributed by atoms with Gasteiger partial charge in [0.2, 0.25) is 6.20 Å². The largest absolute Gasteiger partial charge is 0.503 e. The maximum Gasteiger partial charge on any atom is 0.211 e. The Morgan fingerprint density at radius 2 is 2.12 bits per heavy atom. The molecule has 2 aromatic rings. The number of benzene rings is 1. The Hall–Kier alpha value is -1.42. The lowest BCUT2D eigenvalue weighted by molar-refractivity contribution is -0.688. The maximum atomic E-state index is 12.9. The first-order valence-corrected chi connectivity index (χ1v) is 5.56. The van der Waals surface area contributed by atoms with Gasteiger partial charge in [-0.25, -0.2) is 4.39 Å². The first-order valence-electron chi connectivity index (χ1n) is 4.77. The van der Waals surface area contributed by atoms with Gasteiger partial charge in [0.1, 0.15) is 5.82 Å². The molecule has 0 aliphatic rings. The molecule has 0 saturated heterocycles. The standard InChI is InChI=1S/C12H9BrFNO/c13-12-6-10(14)4-3-9(12)7-15-5-1-2-11(16)8-15/h1-6,8H,7H2/p+1. The van der Waals surface area contributed by atoms with Gasteiger partial charge in [-0.15, -0.1) is 0 Å². The molecule has 0 atom stereocenters. The Labute approximate surface area is 101 Å². The predicted octanol–water partition coefficient (Wildman–Crippen LogP) is 2.63. The van der Waals surface area contributed by atoms with E-state index in [-0.39, 0.29) is 11.6 Å². The van der Waals surface area contributed by atoms with Gasteiger partial charge in [0.15, 0.2) is 18.5 Å². The van der Waals surface area contributed by atoms with Crippen LogP contribution in [0.5, 0.6) is 5.75 Å². The fourth-order valence-corrected chi connectivity index (χ4v) is 1.93. The molecule has 0 spiro atoms. The molecule has 82 valence electrons. The first kappa shape index (κ1) is 11.1. The molecule has 0 saturated carbocycles. The van der Waals surface area contributed by atoms with E-state index >= 15 is 0 Å². The number of halogens is 2. The number of aromatic nitrogens is 1. The lowest BCUT2D eigenvalue weighted by Gasteiger charge is -2.01. The second kappa shape index (κ2) is 4.61. The van der Waals surface area contributed by atoms with E-state index in [0.29, 0.717) is 6.54 Å². The summed E-state index contributed by atoms with van der Waals surface area (Å²) >= 11 is 3.31. The van der Waals surface area contributed by atoms with Gasteiger partial charge in [0, 0.05) is 16.1 Å². The summed E-state index contributed by atoms with van der Waals surface area (Å²) in [4.78, 5) is 0. The van der Waals surface area contributed by atoms with Gasteiger partial charge in [-0.05, 0) is 24.3 Å². The monoisotopic (exact) mass is 282 g/mol. The van der Waals surface area contributed by atoms with Crippen molar-refractivity contribution in [1.82, 2.24) is 0 Å². The molecule has 2 rings (SSSR count). The molecular formula is C12H10BrFNO+.